The molecule has 0 spiro atoms. The van der Waals surface area contributed by atoms with E-state index in [4.69, 9.17) is 9.26 Å². The molecule has 0 bridgehead atoms. The first kappa shape index (κ1) is 8.73. The van der Waals surface area contributed by atoms with E-state index < -0.39 is 0 Å². The maximum absolute atomic E-state index is 5.66. The Hall–Kier alpha value is -1.55. The smallest absolute Gasteiger partial charge is 0.170 e. The fraction of sp³-hybridized carbons (Fsp3) is 0.364. The van der Waals surface area contributed by atoms with Gasteiger partial charge in [0.2, 0.25) is 0 Å². The monoisotopic (exact) mass is 204 g/mol. The first-order chi connectivity index (χ1) is 7.42. The number of benzene rings is 1. The second-order valence-corrected chi connectivity index (χ2v) is 3.86. The van der Waals surface area contributed by atoms with Gasteiger partial charge in [0.1, 0.15) is 5.75 Å². The topological polar surface area (TPSA) is 47.3 Å². The van der Waals surface area contributed by atoms with Crippen molar-refractivity contribution in [2.75, 3.05) is 19.7 Å². The van der Waals surface area contributed by atoms with Gasteiger partial charge >= 0.3 is 0 Å². The highest BCUT2D eigenvalue weighted by Gasteiger charge is 2.17. The first-order valence-electron chi connectivity index (χ1n) is 5.10. The molecule has 0 unspecified atom stereocenters. The van der Waals surface area contributed by atoms with Gasteiger partial charge in [-0.2, -0.15) is 0 Å². The summed E-state index contributed by atoms with van der Waals surface area (Å²) in [6, 6.07) is 5.79. The van der Waals surface area contributed by atoms with Crippen LogP contribution in [-0.4, -0.2) is 24.9 Å². The van der Waals surface area contributed by atoms with Crippen molar-refractivity contribution in [1.29, 1.82) is 0 Å². The largest absolute Gasteiger partial charge is 0.493 e. The molecule has 0 atom stereocenters. The van der Waals surface area contributed by atoms with Crippen LogP contribution >= 0.6 is 0 Å². The maximum Gasteiger partial charge on any atom is 0.170 e. The van der Waals surface area contributed by atoms with Crippen molar-refractivity contribution >= 4 is 11.0 Å². The Morgan fingerprint density at radius 2 is 2.40 bits per heavy atom. The van der Waals surface area contributed by atoms with Crippen molar-refractivity contribution in [2.24, 2.45) is 5.92 Å². The summed E-state index contributed by atoms with van der Waals surface area (Å²) in [5, 5.41) is 7.95. The molecule has 15 heavy (non-hydrogen) atoms. The Labute approximate surface area is 87.2 Å². The highest BCUT2D eigenvalue weighted by atomic mass is 16.5. The molecule has 3 rings (SSSR count). The lowest BCUT2D eigenvalue weighted by Crippen LogP contribution is -2.45. The van der Waals surface area contributed by atoms with Gasteiger partial charge in [0, 0.05) is 30.5 Å². The molecule has 2 aromatic rings. The Morgan fingerprint density at radius 1 is 1.47 bits per heavy atom. The van der Waals surface area contributed by atoms with E-state index in [0.717, 1.165) is 36.4 Å². The quantitative estimate of drug-likeness (QED) is 0.821. The average Bonchev–Trinajstić information content (AvgIpc) is 2.62. The van der Waals surface area contributed by atoms with E-state index in [-0.39, 0.29) is 0 Å². The SMILES string of the molecule is c1cc2cnoc2cc1OCC1CNC1. The molecule has 1 saturated heterocycles. The Morgan fingerprint density at radius 3 is 3.20 bits per heavy atom. The predicted octanol–water partition coefficient (Wildman–Crippen LogP) is 1.43. The lowest BCUT2D eigenvalue weighted by Gasteiger charge is -2.26. The molecule has 1 N–H and O–H groups in total. The van der Waals surface area contributed by atoms with Gasteiger partial charge in [0.05, 0.1) is 12.8 Å². The van der Waals surface area contributed by atoms with Gasteiger partial charge in [-0.1, -0.05) is 5.16 Å². The lowest BCUT2D eigenvalue weighted by atomic mass is 10.1. The molecule has 4 heteroatoms. The van der Waals surface area contributed by atoms with Crippen LogP contribution in [0, 0.1) is 5.92 Å². The number of fused-ring (bicyclic) bond motifs is 1. The molecular weight excluding hydrogens is 192 g/mol. The number of rotatable bonds is 3. The van der Waals surface area contributed by atoms with Crippen LogP contribution in [0.5, 0.6) is 5.75 Å². The molecule has 78 valence electrons. The van der Waals surface area contributed by atoms with Crippen molar-refractivity contribution < 1.29 is 9.26 Å². The summed E-state index contributed by atoms with van der Waals surface area (Å²) in [6.45, 7) is 2.89. The minimum absolute atomic E-state index is 0.649. The summed E-state index contributed by atoms with van der Waals surface area (Å²) < 4.78 is 10.7. The average molecular weight is 204 g/mol. The predicted molar refractivity (Wildman–Crippen MR) is 55.9 cm³/mol. The molecular formula is C11H12N2O2. The van der Waals surface area contributed by atoms with E-state index in [9.17, 15) is 0 Å². The number of nitrogens with one attached hydrogen (secondary N) is 1. The number of aromatic nitrogens is 1. The minimum Gasteiger partial charge on any atom is -0.493 e. The minimum atomic E-state index is 0.649. The van der Waals surface area contributed by atoms with Crippen LogP contribution in [0.15, 0.2) is 28.9 Å². The lowest BCUT2D eigenvalue weighted by molar-refractivity contribution is 0.199. The van der Waals surface area contributed by atoms with Crippen LogP contribution < -0.4 is 10.1 Å². The van der Waals surface area contributed by atoms with Gasteiger partial charge < -0.3 is 14.6 Å². The Balaban J connectivity index is 1.72. The van der Waals surface area contributed by atoms with Crippen LogP contribution in [-0.2, 0) is 0 Å². The number of ether oxygens (including phenoxy) is 1. The van der Waals surface area contributed by atoms with Crippen LogP contribution in [0.3, 0.4) is 0 Å². The van der Waals surface area contributed by atoms with Gasteiger partial charge in [-0.15, -0.1) is 0 Å². The molecule has 0 aliphatic carbocycles. The summed E-state index contributed by atoms with van der Waals surface area (Å²) in [6.07, 6.45) is 1.70. The number of hydrogen-bond donors (Lipinski definition) is 1. The zero-order chi connectivity index (χ0) is 10.1. The highest BCUT2D eigenvalue weighted by molar-refractivity contribution is 5.77. The molecule has 0 saturated carbocycles. The van der Waals surface area contributed by atoms with Crippen molar-refractivity contribution in [2.45, 2.75) is 0 Å². The third-order valence-corrected chi connectivity index (χ3v) is 2.68. The van der Waals surface area contributed by atoms with Gasteiger partial charge in [-0.3, -0.25) is 0 Å². The van der Waals surface area contributed by atoms with Gasteiger partial charge in [-0.25, -0.2) is 0 Å². The van der Waals surface area contributed by atoms with E-state index in [1.165, 1.54) is 0 Å². The molecule has 0 radical (unpaired) electrons. The molecule has 1 aliphatic rings. The number of nitrogens with zero attached hydrogens (tertiary/aromatic N) is 1. The van der Waals surface area contributed by atoms with E-state index in [0.29, 0.717) is 5.92 Å². The van der Waals surface area contributed by atoms with Gasteiger partial charge in [-0.05, 0) is 12.1 Å². The Kier molecular flexibility index (Phi) is 2.07. The first-order valence-corrected chi connectivity index (χ1v) is 5.10. The van der Waals surface area contributed by atoms with Gasteiger partial charge in [0.15, 0.2) is 5.58 Å². The van der Waals surface area contributed by atoms with Crippen molar-refractivity contribution in [1.82, 2.24) is 10.5 Å². The van der Waals surface area contributed by atoms with E-state index >= 15 is 0 Å². The summed E-state index contributed by atoms with van der Waals surface area (Å²) in [4.78, 5) is 0. The zero-order valence-electron chi connectivity index (χ0n) is 8.27. The molecule has 1 aliphatic heterocycles. The standard InChI is InChI=1S/C11H12N2O2/c1-2-10(14-7-8-4-12-5-8)3-11-9(1)6-13-15-11/h1-3,6,8,12H,4-5,7H2. The highest BCUT2D eigenvalue weighted by Crippen LogP contribution is 2.21. The molecule has 2 heterocycles. The molecule has 1 aromatic carbocycles. The van der Waals surface area contributed by atoms with Crippen LogP contribution in [0.4, 0.5) is 0 Å². The summed E-state index contributed by atoms with van der Waals surface area (Å²) in [7, 11) is 0. The second kappa shape index (κ2) is 3.55. The van der Waals surface area contributed by atoms with Gasteiger partial charge in [0.25, 0.3) is 0 Å². The van der Waals surface area contributed by atoms with Crippen molar-refractivity contribution in [3.8, 4) is 5.75 Å². The van der Waals surface area contributed by atoms with Crippen LogP contribution in [0.25, 0.3) is 11.0 Å². The fourth-order valence-corrected chi connectivity index (χ4v) is 1.61. The molecule has 1 aromatic heterocycles. The van der Waals surface area contributed by atoms with Crippen LogP contribution in [0.1, 0.15) is 0 Å². The van der Waals surface area contributed by atoms with E-state index in [1.54, 1.807) is 6.20 Å². The zero-order valence-corrected chi connectivity index (χ0v) is 8.27. The van der Waals surface area contributed by atoms with Crippen molar-refractivity contribution in [3.63, 3.8) is 0 Å². The summed E-state index contributed by atoms with van der Waals surface area (Å²) in [5.74, 6) is 1.50. The molecule has 4 nitrogen and oxygen atoms in total. The third kappa shape index (κ3) is 1.68. The summed E-state index contributed by atoms with van der Waals surface area (Å²) in [5.41, 5.74) is 0.777. The normalized spacial score (nSPS) is 16.5. The maximum atomic E-state index is 5.66. The Bertz CT molecular complexity index is 462. The molecule has 1 fully saturated rings. The van der Waals surface area contributed by atoms with Crippen LogP contribution in [0.2, 0.25) is 0 Å². The third-order valence-electron chi connectivity index (χ3n) is 2.68. The van der Waals surface area contributed by atoms with E-state index in [2.05, 4.69) is 10.5 Å². The van der Waals surface area contributed by atoms with E-state index in [1.807, 2.05) is 18.2 Å². The number of hydrogen-bond acceptors (Lipinski definition) is 4. The second-order valence-electron chi connectivity index (χ2n) is 3.86. The summed E-state index contributed by atoms with van der Waals surface area (Å²) >= 11 is 0. The fourth-order valence-electron chi connectivity index (χ4n) is 1.61. The molecule has 0 amide bonds. The van der Waals surface area contributed by atoms with Crippen molar-refractivity contribution in [3.05, 3.63) is 24.4 Å².